The lowest BCUT2D eigenvalue weighted by atomic mass is 10.0. The van der Waals surface area contributed by atoms with Crippen LogP contribution in [0.15, 0.2) is 0 Å². The largest absolute Gasteiger partial charge is 0.327 e. The summed E-state index contributed by atoms with van der Waals surface area (Å²) in [7, 11) is -2.96. The Bertz CT molecular complexity index is 535. The van der Waals surface area contributed by atoms with E-state index in [1.165, 1.54) is 0 Å². The predicted molar refractivity (Wildman–Crippen MR) is 82.6 cm³/mol. The summed E-state index contributed by atoms with van der Waals surface area (Å²) < 4.78 is 25.3. The first-order valence-corrected chi connectivity index (χ1v) is 9.11. The molecule has 6 heteroatoms. The zero-order chi connectivity index (χ0) is 15.3. The van der Waals surface area contributed by atoms with E-state index in [9.17, 15) is 8.42 Å². The fraction of sp³-hybridized carbons (Fsp3) is 0.786. The van der Waals surface area contributed by atoms with Crippen molar-refractivity contribution < 1.29 is 8.42 Å². The molecule has 116 valence electrons. The van der Waals surface area contributed by atoms with Crippen molar-refractivity contribution in [3.8, 4) is 0 Å². The van der Waals surface area contributed by atoms with Crippen LogP contribution in [0, 0.1) is 13.8 Å². The molecule has 0 spiro atoms. The van der Waals surface area contributed by atoms with E-state index in [2.05, 4.69) is 12.0 Å². The molecule has 0 aliphatic rings. The molecule has 1 rings (SSSR count). The van der Waals surface area contributed by atoms with Crippen LogP contribution < -0.4 is 5.73 Å². The van der Waals surface area contributed by atoms with E-state index >= 15 is 0 Å². The van der Waals surface area contributed by atoms with Crippen molar-refractivity contribution in [2.75, 3.05) is 11.5 Å². The quantitative estimate of drug-likeness (QED) is 0.791. The molecule has 5 nitrogen and oxygen atoms in total. The van der Waals surface area contributed by atoms with Crippen LogP contribution in [0.3, 0.4) is 0 Å². The van der Waals surface area contributed by atoms with Gasteiger partial charge < -0.3 is 5.73 Å². The van der Waals surface area contributed by atoms with Crippen molar-refractivity contribution in [3.05, 3.63) is 17.0 Å². The van der Waals surface area contributed by atoms with E-state index in [1.807, 2.05) is 20.8 Å². The zero-order valence-electron chi connectivity index (χ0n) is 13.0. The molecule has 1 atom stereocenters. The smallest absolute Gasteiger partial charge is 0.152 e. The molecule has 0 fully saturated rings. The van der Waals surface area contributed by atoms with E-state index in [0.29, 0.717) is 13.0 Å². The second kappa shape index (κ2) is 7.22. The average Bonchev–Trinajstić information content (AvgIpc) is 2.64. The van der Waals surface area contributed by atoms with Crippen LogP contribution in [-0.2, 0) is 22.8 Å². The van der Waals surface area contributed by atoms with Gasteiger partial charge in [-0.25, -0.2) is 8.42 Å². The molecular weight excluding hydrogens is 274 g/mol. The van der Waals surface area contributed by atoms with Crippen molar-refractivity contribution in [1.29, 1.82) is 0 Å². The fourth-order valence-electron chi connectivity index (χ4n) is 2.29. The molecule has 0 radical (unpaired) electrons. The van der Waals surface area contributed by atoms with Gasteiger partial charge in [0.25, 0.3) is 0 Å². The summed E-state index contributed by atoms with van der Waals surface area (Å²) in [5.41, 5.74) is 9.16. The third-order valence-corrected chi connectivity index (χ3v) is 5.49. The van der Waals surface area contributed by atoms with Gasteiger partial charge in [0.1, 0.15) is 0 Å². The number of nitrogens with zero attached hydrogens (tertiary/aromatic N) is 2. The molecule has 0 saturated heterocycles. The van der Waals surface area contributed by atoms with Crippen LogP contribution in [0.2, 0.25) is 0 Å². The van der Waals surface area contributed by atoms with Gasteiger partial charge >= 0.3 is 0 Å². The predicted octanol–water partition coefficient (Wildman–Crippen LogP) is 1.60. The Hall–Kier alpha value is -0.880. The van der Waals surface area contributed by atoms with Gasteiger partial charge in [-0.05, 0) is 38.7 Å². The number of sulfone groups is 1. The van der Waals surface area contributed by atoms with E-state index in [0.717, 1.165) is 29.8 Å². The number of aromatic nitrogens is 2. The molecule has 20 heavy (non-hydrogen) atoms. The molecule has 0 aliphatic heterocycles. The molecule has 0 aliphatic carbocycles. The molecule has 0 saturated carbocycles. The van der Waals surface area contributed by atoms with Crippen molar-refractivity contribution in [2.24, 2.45) is 5.73 Å². The van der Waals surface area contributed by atoms with Crippen LogP contribution in [-0.4, -0.2) is 35.7 Å². The summed E-state index contributed by atoms with van der Waals surface area (Å²) in [4.78, 5) is 0. The first-order chi connectivity index (χ1) is 9.30. The van der Waals surface area contributed by atoms with Crippen molar-refractivity contribution in [1.82, 2.24) is 9.78 Å². The lowest BCUT2D eigenvalue weighted by molar-refractivity contribution is 0.574. The lowest BCUT2D eigenvalue weighted by Crippen LogP contribution is -2.22. The number of aryl methyl sites for hydroxylation is 2. The molecule has 1 unspecified atom stereocenters. The Morgan fingerprint density at radius 2 is 1.90 bits per heavy atom. The minimum Gasteiger partial charge on any atom is -0.327 e. The number of hydrogen-bond acceptors (Lipinski definition) is 4. The van der Waals surface area contributed by atoms with Crippen LogP contribution in [0.25, 0.3) is 0 Å². The fourth-order valence-corrected chi connectivity index (χ4v) is 3.57. The van der Waals surface area contributed by atoms with E-state index in [4.69, 9.17) is 5.73 Å². The summed E-state index contributed by atoms with van der Waals surface area (Å²) in [6.07, 6.45) is 2.39. The van der Waals surface area contributed by atoms with Crippen LogP contribution >= 0.6 is 0 Å². The maximum absolute atomic E-state index is 11.8. The second-order valence-electron chi connectivity index (χ2n) is 5.40. The third kappa shape index (κ3) is 4.59. The van der Waals surface area contributed by atoms with Gasteiger partial charge in [0.2, 0.25) is 0 Å². The van der Waals surface area contributed by atoms with Crippen molar-refractivity contribution >= 4 is 9.84 Å². The Balaban J connectivity index is 2.80. The molecular formula is C14H27N3O2S. The summed E-state index contributed by atoms with van der Waals surface area (Å²) in [5, 5.41) is 4.46. The van der Waals surface area contributed by atoms with Crippen molar-refractivity contribution in [2.45, 2.75) is 59.5 Å². The normalized spacial score (nSPS) is 13.7. The summed E-state index contributed by atoms with van der Waals surface area (Å²) in [6, 6.07) is 0.133. The zero-order valence-corrected chi connectivity index (χ0v) is 13.8. The van der Waals surface area contributed by atoms with Gasteiger partial charge in [0.05, 0.1) is 18.0 Å². The maximum atomic E-state index is 11.8. The Labute approximate surface area is 122 Å². The number of rotatable bonds is 8. The monoisotopic (exact) mass is 301 g/mol. The molecule has 1 heterocycles. The van der Waals surface area contributed by atoms with E-state index in [1.54, 1.807) is 4.68 Å². The third-order valence-electron chi connectivity index (χ3n) is 3.65. The molecule has 2 N–H and O–H groups in total. The minimum absolute atomic E-state index is 0.133. The minimum atomic E-state index is -2.96. The second-order valence-corrected chi connectivity index (χ2v) is 7.70. The van der Waals surface area contributed by atoms with Crippen LogP contribution in [0.4, 0.5) is 0 Å². The van der Waals surface area contributed by atoms with Gasteiger partial charge in [0.15, 0.2) is 9.84 Å². The molecule has 0 bridgehead atoms. The van der Waals surface area contributed by atoms with Gasteiger partial charge in [-0.1, -0.05) is 13.8 Å². The van der Waals surface area contributed by atoms with Gasteiger partial charge in [-0.3, -0.25) is 4.68 Å². The van der Waals surface area contributed by atoms with Gasteiger partial charge in [-0.2, -0.15) is 5.10 Å². The van der Waals surface area contributed by atoms with Crippen LogP contribution in [0.1, 0.15) is 43.6 Å². The SMILES string of the molecule is CCCS(=O)(=O)CCn1nc(C)c(CC(N)CC)c1C. The summed E-state index contributed by atoms with van der Waals surface area (Å²) in [6.45, 7) is 8.32. The van der Waals surface area contributed by atoms with E-state index < -0.39 is 9.84 Å². The highest BCUT2D eigenvalue weighted by molar-refractivity contribution is 7.91. The Morgan fingerprint density at radius 1 is 1.25 bits per heavy atom. The average molecular weight is 301 g/mol. The van der Waals surface area contributed by atoms with Crippen molar-refractivity contribution in [3.63, 3.8) is 0 Å². The number of nitrogens with two attached hydrogens (primary N) is 1. The van der Waals surface area contributed by atoms with E-state index in [-0.39, 0.29) is 17.5 Å². The number of hydrogen-bond donors (Lipinski definition) is 1. The molecule has 1 aromatic heterocycles. The first-order valence-electron chi connectivity index (χ1n) is 7.29. The highest BCUT2D eigenvalue weighted by Gasteiger charge is 2.16. The summed E-state index contributed by atoms with van der Waals surface area (Å²) >= 11 is 0. The highest BCUT2D eigenvalue weighted by Crippen LogP contribution is 2.16. The summed E-state index contributed by atoms with van der Waals surface area (Å²) in [5.74, 6) is 0.405. The standard InChI is InChI=1S/C14H27N3O2S/c1-5-8-20(18,19)9-7-17-12(4)14(11(3)16-17)10-13(15)6-2/h13H,5-10,15H2,1-4H3. The van der Waals surface area contributed by atoms with Gasteiger partial charge in [0, 0.05) is 17.5 Å². The topological polar surface area (TPSA) is 78.0 Å². The molecule has 1 aromatic rings. The highest BCUT2D eigenvalue weighted by atomic mass is 32.2. The van der Waals surface area contributed by atoms with Gasteiger partial charge in [-0.15, -0.1) is 0 Å². The Kier molecular flexibility index (Phi) is 6.20. The lowest BCUT2D eigenvalue weighted by Gasteiger charge is -2.09. The first kappa shape index (κ1) is 17.2. The Morgan fingerprint density at radius 3 is 2.45 bits per heavy atom. The van der Waals surface area contributed by atoms with Crippen LogP contribution in [0.5, 0.6) is 0 Å². The molecule has 0 aromatic carbocycles. The molecule has 0 amide bonds. The maximum Gasteiger partial charge on any atom is 0.152 e.